The Kier molecular flexibility index (Phi) is 3.93. The fourth-order valence-electron chi connectivity index (χ4n) is 2.90. The molecule has 24 heavy (non-hydrogen) atoms. The van der Waals surface area contributed by atoms with Crippen LogP contribution < -0.4 is 4.74 Å². The van der Waals surface area contributed by atoms with Crippen LogP contribution in [0.3, 0.4) is 0 Å². The highest BCUT2D eigenvalue weighted by atomic mass is 32.1. The third-order valence-electron chi connectivity index (χ3n) is 4.05. The number of benzene rings is 2. The first-order valence-electron chi connectivity index (χ1n) is 7.82. The van der Waals surface area contributed by atoms with E-state index in [1.807, 2.05) is 18.2 Å². The maximum Gasteiger partial charge on any atom is 0.119 e. The molecule has 0 aliphatic carbocycles. The first-order valence-corrected chi connectivity index (χ1v) is 8.70. The highest BCUT2D eigenvalue weighted by molar-refractivity contribution is 7.13. The van der Waals surface area contributed by atoms with E-state index in [4.69, 9.17) is 4.74 Å². The van der Waals surface area contributed by atoms with Crippen molar-refractivity contribution in [1.29, 1.82) is 0 Å². The fourth-order valence-corrected chi connectivity index (χ4v) is 3.64. The van der Waals surface area contributed by atoms with Gasteiger partial charge in [0.25, 0.3) is 0 Å². The molecule has 0 unspecified atom stereocenters. The summed E-state index contributed by atoms with van der Waals surface area (Å²) < 4.78 is 7.60. The summed E-state index contributed by atoms with van der Waals surface area (Å²) in [5.41, 5.74) is 4.72. The Hall–Kier alpha value is -2.78. The molecule has 0 atom stereocenters. The standard InChI is InChI=1S/C21H17NOS/c1-23-18-11-9-17(10-12-18)22-19(16-6-3-2-4-7-16)13-14-20(22)21-8-5-15-24-21/h2-15H,1H3. The van der Waals surface area contributed by atoms with E-state index < -0.39 is 0 Å². The van der Waals surface area contributed by atoms with Crippen molar-refractivity contribution in [2.24, 2.45) is 0 Å². The van der Waals surface area contributed by atoms with Gasteiger partial charge in [-0.1, -0.05) is 36.4 Å². The Labute approximate surface area is 145 Å². The molecular formula is C21H17NOS. The molecule has 0 radical (unpaired) electrons. The first kappa shape index (κ1) is 14.8. The predicted molar refractivity (Wildman–Crippen MR) is 101 cm³/mol. The maximum absolute atomic E-state index is 5.30. The average molecular weight is 331 g/mol. The second kappa shape index (κ2) is 6.38. The maximum atomic E-state index is 5.30. The lowest BCUT2D eigenvalue weighted by atomic mass is 10.1. The summed E-state index contributed by atoms with van der Waals surface area (Å²) in [4.78, 5) is 1.26. The molecule has 0 spiro atoms. The third kappa shape index (κ3) is 2.63. The van der Waals surface area contributed by atoms with Crippen LogP contribution in [-0.2, 0) is 0 Å². The number of rotatable bonds is 4. The predicted octanol–water partition coefficient (Wildman–Crippen LogP) is 5.88. The van der Waals surface area contributed by atoms with Gasteiger partial charge in [-0.05, 0) is 53.4 Å². The topological polar surface area (TPSA) is 14.2 Å². The highest BCUT2D eigenvalue weighted by Gasteiger charge is 2.14. The van der Waals surface area contributed by atoms with E-state index >= 15 is 0 Å². The zero-order valence-corrected chi connectivity index (χ0v) is 14.2. The van der Waals surface area contributed by atoms with Gasteiger partial charge >= 0.3 is 0 Å². The van der Waals surface area contributed by atoms with Gasteiger partial charge in [0.1, 0.15) is 5.75 Å². The van der Waals surface area contributed by atoms with Crippen LogP contribution in [0, 0.1) is 0 Å². The van der Waals surface area contributed by atoms with Crippen molar-refractivity contribution in [2.45, 2.75) is 0 Å². The Bertz CT molecular complexity index is 922. The molecule has 0 bridgehead atoms. The van der Waals surface area contributed by atoms with Crippen molar-refractivity contribution >= 4 is 11.3 Å². The molecule has 0 amide bonds. The van der Waals surface area contributed by atoms with Gasteiger partial charge in [-0.25, -0.2) is 0 Å². The van der Waals surface area contributed by atoms with E-state index in [-0.39, 0.29) is 0 Å². The second-order valence-electron chi connectivity index (χ2n) is 5.48. The lowest BCUT2D eigenvalue weighted by molar-refractivity contribution is 0.415. The van der Waals surface area contributed by atoms with Crippen molar-refractivity contribution < 1.29 is 4.74 Å². The lowest BCUT2D eigenvalue weighted by Gasteiger charge is -2.14. The molecular weight excluding hydrogens is 314 g/mol. The molecule has 2 aromatic carbocycles. The van der Waals surface area contributed by atoms with Gasteiger partial charge in [-0.2, -0.15) is 0 Å². The van der Waals surface area contributed by atoms with Crippen LogP contribution in [0.25, 0.3) is 27.5 Å². The Morgan fingerprint density at radius 2 is 1.50 bits per heavy atom. The van der Waals surface area contributed by atoms with Crippen LogP contribution >= 0.6 is 11.3 Å². The zero-order chi connectivity index (χ0) is 16.4. The smallest absolute Gasteiger partial charge is 0.119 e. The average Bonchev–Trinajstić information content (AvgIpc) is 3.32. The van der Waals surface area contributed by atoms with E-state index in [1.165, 1.54) is 21.8 Å². The van der Waals surface area contributed by atoms with Crippen molar-refractivity contribution in [3.8, 4) is 33.3 Å². The number of thiophene rings is 1. The van der Waals surface area contributed by atoms with Crippen LogP contribution in [0.5, 0.6) is 5.75 Å². The van der Waals surface area contributed by atoms with E-state index in [1.54, 1.807) is 18.4 Å². The largest absolute Gasteiger partial charge is 0.497 e. The number of methoxy groups -OCH3 is 1. The van der Waals surface area contributed by atoms with E-state index in [2.05, 4.69) is 70.6 Å². The Morgan fingerprint density at radius 3 is 2.17 bits per heavy atom. The van der Waals surface area contributed by atoms with Gasteiger partial charge in [0.05, 0.1) is 23.4 Å². The minimum absolute atomic E-state index is 0.866. The molecule has 4 rings (SSSR count). The van der Waals surface area contributed by atoms with Gasteiger partial charge in [-0.15, -0.1) is 11.3 Å². The van der Waals surface area contributed by atoms with Crippen LogP contribution in [-0.4, -0.2) is 11.7 Å². The number of aromatic nitrogens is 1. The van der Waals surface area contributed by atoms with Gasteiger partial charge < -0.3 is 9.30 Å². The Balaban J connectivity index is 1.92. The summed E-state index contributed by atoms with van der Waals surface area (Å²) in [6.07, 6.45) is 0. The normalized spacial score (nSPS) is 10.7. The molecule has 2 heterocycles. The Morgan fingerprint density at radius 1 is 0.750 bits per heavy atom. The van der Waals surface area contributed by atoms with Crippen molar-refractivity contribution in [3.05, 3.63) is 84.2 Å². The molecule has 118 valence electrons. The number of ether oxygens (including phenoxy) is 1. The number of hydrogen-bond donors (Lipinski definition) is 0. The van der Waals surface area contributed by atoms with Gasteiger partial charge in [-0.3, -0.25) is 0 Å². The number of hydrogen-bond acceptors (Lipinski definition) is 2. The molecule has 0 aliphatic heterocycles. The fraction of sp³-hybridized carbons (Fsp3) is 0.0476. The van der Waals surface area contributed by atoms with Crippen LogP contribution in [0.2, 0.25) is 0 Å². The third-order valence-corrected chi connectivity index (χ3v) is 4.95. The van der Waals surface area contributed by atoms with E-state index in [0.717, 1.165) is 11.4 Å². The molecule has 0 saturated carbocycles. The summed E-state index contributed by atoms with van der Waals surface area (Å²) in [7, 11) is 1.69. The SMILES string of the molecule is COc1ccc(-n2c(-c3ccccc3)ccc2-c2cccs2)cc1. The molecule has 3 heteroatoms. The summed E-state index contributed by atoms with van der Waals surface area (Å²) in [5, 5.41) is 2.11. The highest BCUT2D eigenvalue weighted by Crippen LogP contribution is 2.34. The molecule has 4 aromatic rings. The lowest BCUT2D eigenvalue weighted by Crippen LogP contribution is -1.98. The molecule has 2 aromatic heterocycles. The van der Waals surface area contributed by atoms with Crippen LogP contribution in [0.4, 0.5) is 0 Å². The second-order valence-corrected chi connectivity index (χ2v) is 6.43. The summed E-state index contributed by atoms with van der Waals surface area (Å²) in [5.74, 6) is 0.866. The van der Waals surface area contributed by atoms with Gasteiger partial charge in [0.2, 0.25) is 0 Å². The summed E-state index contributed by atoms with van der Waals surface area (Å²) >= 11 is 1.76. The van der Waals surface area contributed by atoms with Crippen LogP contribution in [0.15, 0.2) is 84.2 Å². The monoisotopic (exact) mass is 331 g/mol. The molecule has 0 saturated heterocycles. The summed E-state index contributed by atoms with van der Waals surface area (Å²) in [6, 6.07) is 27.3. The van der Waals surface area contributed by atoms with Crippen molar-refractivity contribution in [3.63, 3.8) is 0 Å². The minimum atomic E-state index is 0.866. The molecule has 0 N–H and O–H groups in total. The van der Waals surface area contributed by atoms with Crippen molar-refractivity contribution in [2.75, 3.05) is 7.11 Å². The molecule has 0 aliphatic rings. The van der Waals surface area contributed by atoms with E-state index in [9.17, 15) is 0 Å². The minimum Gasteiger partial charge on any atom is -0.497 e. The van der Waals surface area contributed by atoms with Crippen LogP contribution in [0.1, 0.15) is 0 Å². The molecule has 2 nitrogen and oxygen atoms in total. The quantitative estimate of drug-likeness (QED) is 0.455. The van der Waals surface area contributed by atoms with E-state index in [0.29, 0.717) is 0 Å². The zero-order valence-electron chi connectivity index (χ0n) is 13.3. The first-order chi connectivity index (χ1) is 11.9. The van der Waals surface area contributed by atoms with Gasteiger partial charge in [0, 0.05) is 5.69 Å². The number of nitrogens with zero attached hydrogens (tertiary/aromatic N) is 1. The molecule has 0 fully saturated rings. The van der Waals surface area contributed by atoms with Crippen molar-refractivity contribution in [1.82, 2.24) is 4.57 Å². The van der Waals surface area contributed by atoms with Gasteiger partial charge in [0.15, 0.2) is 0 Å². The summed E-state index contributed by atoms with van der Waals surface area (Å²) in [6.45, 7) is 0.